The van der Waals surface area contributed by atoms with E-state index in [2.05, 4.69) is 10.3 Å². The first-order chi connectivity index (χ1) is 9.99. The van der Waals surface area contributed by atoms with Crippen molar-refractivity contribution in [2.24, 2.45) is 20.0 Å². The van der Waals surface area contributed by atoms with Crippen LogP contribution in [0.4, 0.5) is 0 Å². The van der Waals surface area contributed by atoms with Crippen molar-refractivity contribution in [2.45, 2.75) is 19.4 Å². The second-order valence-corrected chi connectivity index (χ2v) is 5.50. The zero-order valence-corrected chi connectivity index (χ0v) is 12.0. The maximum Gasteiger partial charge on any atom is 0.332 e. The van der Waals surface area contributed by atoms with Crippen LogP contribution in [-0.4, -0.2) is 31.1 Å². The third-order valence-corrected chi connectivity index (χ3v) is 3.82. The number of fused-ring (bicyclic) bond motifs is 1. The number of aryl methyl sites for hydroxylation is 1. The highest BCUT2D eigenvalue weighted by Crippen LogP contribution is 2.27. The van der Waals surface area contributed by atoms with Gasteiger partial charge in [0.1, 0.15) is 6.54 Å². The van der Waals surface area contributed by atoms with Gasteiger partial charge in [-0.3, -0.25) is 18.7 Å². The van der Waals surface area contributed by atoms with Gasteiger partial charge < -0.3 is 9.88 Å². The van der Waals surface area contributed by atoms with Gasteiger partial charge >= 0.3 is 5.69 Å². The number of hydrogen-bond acceptors (Lipinski definition) is 4. The average molecular weight is 291 g/mol. The first-order valence-electron chi connectivity index (χ1n) is 6.86. The van der Waals surface area contributed by atoms with Crippen LogP contribution in [0.15, 0.2) is 15.9 Å². The molecular formula is C13H17N5O3. The molecule has 0 saturated heterocycles. The molecule has 0 aliphatic heterocycles. The number of imidazole rings is 1. The highest BCUT2D eigenvalue weighted by molar-refractivity contribution is 5.78. The van der Waals surface area contributed by atoms with Crippen molar-refractivity contribution in [3.8, 4) is 0 Å². The molecule has 1 aliphatic rings. The van der Waals surface area contributed by atoms with Crippen LogP contribution < -0.4 is 16.6 Å². The molecule has 1 N–H and O–H groups in total. The minimum absolute atomic E-state index is 0.0245. The molecule has 1 aliphatic carbocycles. The maximum absolute atomic E-state index is 12.2. The molecule has 112 valence electrons. The van der Waals surface area contributed by atoms with E-state index in [1.807, 2.05) is 0 Å². The fraction of sp³-hybridized carbons (Fsp3) is 0.538. The second-order valence-electron chi connectivity index (χ2n) is 5.50. The molecular weight excluding hydrogens is 274 g/mol. The lowest BCUT2D eigenvalue weighted by molar-refractivity contribution is -0.121. The highest BCUT2D eigenvalue weighted by Gasteiger charge is 2.22. The van der Waals surface area contributed by atoms with E-state index >= 15 is 0 Å². The molecule has 3 rings (SSSR count). The van der Waals surface area contributed by atoms with E-state index < -0.39 is 11.2 Å². The van der Waals surface area contributed by atoms with Gasteiger partial charge in [-0.05, 0) is 18.8 Å². The van der Waals surface area contributed by atoms with Gasteiger partial charge in [0.25, 0.3) is 5.56 Å². The van der Waals surface area contributed by atoms with Gasteiger partial charge in [0, 0.05) is 20.6 Å². The number of nitrogens with one attached hydrogen (secondary N) is 1. The maximum atomic E-state index is 12.2. The van der Waals surface area contributed by atoms with E-state index in [1.165, 1.54) is 22.5 Å². The van der Waals surface area contributed by atoms with Gasteiger partial charge in [0.15, 0.2) is 11.2 Å². The minimum atomic E-state index is -0.444. The summed E-state index contributed by atoms with van der Waals surface area (Å²) >= 11 is 0. The fourth-order valence-corrected chi connectivity index (χ4v) is 2.31. The van der Waals surface area contributed by atoms with Gasteiger partial charge in [-0.1, -0.05) is 0 Å². The Morgan fingerprint density at radius 2 is 2.05 bits per heavy atom. The summed E-state index contributed by atoms with van der Waals surface area (Å²) in [5.74, 6) is 0.444. The predicted molar refractivity (Wildman–Crippen MR) is 75.9 cm³/mol. The number of carbonyl (C=O) groups is 1. The zero-order valence-electron chi connectivity index (χ0n) is 12.0. The van der Waals surface area contributed by atoms with E-state index in [0.717, 1.165) is 17.4 Å². The van der Waals surface area contributed by atoms with Crippen molar-refractivity contribution < 1.29 is 4.79 Å². The van der Waals surface area contributed by atoms with Crippen molar-refractivity contribution in [1.29, 1.82) is 0 Å². The topological polar surface area (TPSA) is 90.9 Å². The summed E-state index contributed by atoms with van der Waals surface area (Å²) in [5, 5.41) is 2.84. The molecule has 0 spiro atoms. The Balaban J connectivity index is 1.94. The lowest BCUT2D eigenvalue weighted by Gasteiger charge is -2.07. The minimum Gasteiger partial charge on any atom is -0.354 e. The summed E-state index contributed by atoms with van der Waals surface area (Å²) in [6, 6.07) is 0. The smallest absolute Gasteiger partial charge is 0.332 e. The molecule has 8 nitrogen and oxygen atoms in total. The molecule has 2 aromatic rings. The van der Waals surface area contributed by atoms with E-state index in [-0.39, 0.29) is 23.6 Å². The lowest BCUT2D eigenvalue weighted by Crippen LogP contribution is -2.38. The van der Waals surface area contributed by atoms with Gasteiger partial charge in [-0.2, -0.15) is 0 Å². The van der Waals surface area contributed by atoms with Crippen LogP contribution in [-0.2, 0) is 25.4 Å². The number of rotatable bonds is 4. The molecule has 0 aromatic carbocycles. The number of carbonyl (C=O) groups excluding carboxylic acids is 1. The van der Waals surface area contributed by atoms with Crippen LogP contribution in [0.25, 0.3) is 11.2 Å². The van der Waals surface area contributed by atoms with Crippen LogP contribution in [0.5, 0.6) is 0 Å². The molecule has 0 bridgehead atoms. The van der Waals surface area contributed by atoms with Gasteiger partial charge in [0.05, 0.1) is 6.33 Å². The summed E-state index contributed by atoms with van der Waals surface area (Å²) in [5.41, 5.74) is -0.323. The van der Waals surface area contributed by atoms with E-state index in [9.17, 15) is 14.4 Å². The normalized spacial score (nSPS) is 14.6. The van der Waals surface area contributed by atoms with Crippen LogP contribution >= 0.6 is 0 Å². The standard InChI is InChI=1S/C13H17N5O3/c1-16-11-10(12(20)17(2)13(16)21)18(7-15-11)6-9(19)14-5-8-3-4-8/h7-8H,3-6H2,1-2H3,(H,14,19). The average Bonchev–Trinajstić information content (AvgIpc) is 3.20. The first kappa shape index (κ1) is 13.6. The SMILES string of the molecule is Cn1c(=O)c2c(ncn2CC(=O)NCC2CC2)n(C)c1=O. The number of nitrogens with zero attached hydrogens (tertiary/aromatic N) is 4. The summed E-state index contributed by atoms with van der Waals surface area (Å²) in [6.07, 6.45) is 3.75. The predicted octanol–water partition coefficient (Wildman–Crippen LogP) is -1.04. The molecule has 0 radical (unpaired) electrons. The zero-order chi connectivity index (χ0) is 15.1. The molecule has 21 heavy (non-hydrogen) atoms. The quantitative estimate of drug-likeness (QED) is 0.779. The number of hydrogen-bond donors (Lipinski definition) is 1. The van der Waals surface area contributed by atoms with Crippen LogP contribution in [0.2, 0.25) is 0 Å². The molecule has 0 unspecified atom stereocenters. The van der Waals surface area contributed by atoms with Gasteiger partial charge in [-0.15, -0.1) is 0 Å². The Hall–Kier alpha value is -2.38. The fourth-order valence-electron chi connectivity index (χ4n) is 2.31. The molecule has 8 heteroatoms. The highest BCUT2D eigenvalue weighted by atomic mass is 16.2. The van der Waals surface area contributed by atoms with E-state index in [0.29, 0.717) is 12.5 Å². The van der Waals surface area contributed by atoms with Gasteiger partial charge in [0.2, 0.25) is 5.91 Å². The summed E-state index contributed by atoms with van der Waals surface area (Å²) < 4.78 is 3.80. The van der Waals surface area contributed by atoms with Crippen molar-refractivity contribution in [1.82, 2.24) is 24.0 Å². The lowest BCUT2D eigenvalue weighted by atomic mass is 10.4. The molecule has 1 fully saturated rings. The Labute approximate surface area is 120 Å². The third-order valence-electron chi connectivity index (χ3n) is 3.82. The Morgan fingerprint density at radius 1 is 1.33 bits per heavy atom. The van der Waals surface area contributed by atoms with Crippen LogP contribution in [0.3, 0.4) is 0 Å². The summed E-state index contributed by atoms with van der Waals surface area (Å²) in [7, 11) is 2.96. The van der Waals surface area contributed by atoms with Crippen molar-refractivity contribution >= 4 is 17.1 Å². The van der Waals surface area contributed by atoms with E-state index in [4.69, 9.17) is 0 Å². The van der Waals surface area contributed by atoms with Gasteiger partial charge in [-0.25, -0.2) is 9.78 Å². The summed E-state index contributed by atoms with van der Waals surface area (Å²) in [6.45, 7) is 0.707. The van der Waals surface area contributed by atoms with Crippen molar-refractivity contribution in [3.05, 3.63) is 27.2 Å². The monoisotopic (exact) mass is 291 g/mol. The second kappa shape index (κ2) is 4.87. The molecule has 1 amide bonds. The summed E-state index contributed by atoms with van der Waals surface area (Å²) in [4.78, 5) is 40.0. The molecule has 0 atom stereocenters. The Kier molecular flexibility index (Phi) is 3.15. The molecule has 2 heterocycles. The molecule has 2 aromatic heterocycles. The Bertz CT molecular complexity index is 825. The van der Waals surface area contributed by atoms with Crippen molar-refractivity contribution in [2.75, 3.05) is 6.54 Å². The first-order valence-corrected chi connectivity index (χ1v) is 6.86. The number of amides is 1. The van der Waals surface area contributed by atoms with Crippen LogP contribution in [0.1, 0.15) is 12.8 Å². The molecule has 1 saturated carbocycles. The van der Waals surface area contributed by atoms with E-state index in [1.54, 1.807) is 7.05 Å². The van der Waals surface area contributed by atoms with Crippen LogP contribution in [0, 0.1) is 5.92 Å². The number of aromatic nitrogens is 4. The largest absolute Gasteiger partial charge is 0.354 e. The Morgan fingerprint density at radius 3 is 2.71 bits per heavy atom. The van der Waals surface area contributed by atoms with Crippen molar-refractivity contribution in [3.63, 3.8) is 0 Å². The third kappa shape index (κ3) is 2.37.